The molecule has 0 saturated carbocycles. The minimum atomic E-state index is -1.39. The summed E-state index contributed by atoms with van der Waals surface area (Å²) in [5.74, 6) is -2.52. The number of fused-ring (bicyclic) bond motifs is 1. The minimum Gasteiger partial charge on any atom is -0.534 e. The van der Waals surface area contributed by atoms with Crippen LogP contribution in [0.3, 0.4) is 0 Å². The molecule has 0 aromatic heterocycles. The van der Waals surface area contributed by atoms with Gasteiger partial charge >= 0.3 is 19.1 Å². The standard InChI is InChI=1S/C22H22BNO8/c1-14(25)10-11-19(26)24-18-12-16-8-5-9-17(20(16)32-23(18)29)22(28)31-13-30-21(27)15-6-3-2-4-7-15/h2-9,18,29H,10-13H2,1H3,(H,24,26). The fourth-order valence-corrected chi connectivity index (χ4v) is 3.15. The molecule has 0 saturated heterocycles. The topological polar surface area (TPSA) is 128 Å². The van der Waals surface area contributed by atoms with E-state index in [1.54, 1.807) is 42.5 Å². The van der Waals surface area contributed by atoms with Crippen LogP contribution in [0.1, 0.15) is 46.0 Å². The lowest BCUT2D eigenvalue weighted by Crippen LogP contribution is -2.53. The van der Waals surface area contributed by atoms with Crippen molar-refractivity contribution in [1.82, 2.24) is 5.32 Å². The lowest BCUT2D eigenvalue weighted by molar-refractivity contribution is -0.124. The zero-order chi connectivity index (χ0) is 23.1. The molecule has 1 aliphatic heterocycles. The van der Waals surface area contributed by atoms with Crippen molar-refractivity contribution in [3.63, 3.8) is 0 Å². The molecule has 2 aromatic carbocycles. The fraction of sp³-hybridized carbons (Fsp3) is 0.273. The highest BCUT2D eigenvalue weighted by Gasteiger charge is 2.37. The predicted octanol–water partition coefficient (Wildman–Crippen LogP) is 1.47. The number of nitrogens with one attached hydrogen (secondary N) is 1. The monoisotopic (exact) mass is 439 g/mol. The molecule has 0 fully saturated rings. The van der Waals surface area contributed by atoms with Gasteiger partial charge in [0.15, 0.2) is 0 Å². The van der Waals surface area contributed by atoms with Gasteiger partial charge in [-0.3, -0.25) is 4.79 Å². The number of ketones is 1. The highest BCUT2D eigenvalue weighted by molar-refractivity contribution is 6.47. The van der Waals surface area contributed by atoms with E-state index in [2.05, 4.69) is 5.32 Å². The Bertz CT molecular complexity index is 1010. The molecule has 1 amide bonds. The lowest BCUT2D eigenvalue weighted by atomic mass is 9.72. The van der Waals surface area contributed by atoms with Gasteiger partial charge in [-0.05, 0) is 37.1 Å². The number of esters is 2. The second-order valence-corrected chi connectivity index (χ2v) is 7.23. The van der Waals surface area contributed by atoms with Gasteiger partial charge in [0.25, 0.3) is 0 Å². The molecule has 1 aliphatic rings. The number of carbonyl (C=O) groups is 4. The van der Waals surface area contributed by atoms with Gasteiger partial charge in [-0.1, -0.05) is 30.3 Å². The zero-order valence-electron chi connectivity index (χ0n) is 17.4. The quantitative estimate of drug-likeness (QED) is 0.360. The van der Waals surface area contributed by atoms with E-state index in [9.17, 15) is 24.2 Å². The van der Waals surface area contributed by atoms with Gasteiger partial charge in [0.2, 0.25) is 12.7 Å². The van der Waals surface area contributed by atoms with E-state index in [-0.39, 0.29) is 42.3 Å². The number of para-hydroxylation sites is 1. The summed E-state index contributed by atoms with van der Waals surface area (Å²) >= 11 is 0. The van der Waals surface area contributed by atoms with E-state index in [1.165, 1.54) is 13.0 Å². The van der Waals surface area contributed by atoms with Crippen molar-refractivity contribution in [1.29, 1.82) is 0 Å². The van der Waals surface area contributed by atoms with Gasteiger partial charge in [0.05, 0.1) is 11.5 Å². The number of rotatable bonds is 8. The second-order valence-electron chi connectivity index (χ2n) is 7.23. The van der Waals surface area contributed by atoms with Gasteiger partial charge in [-0.2, -0.15) is 0 Å². The first-order valence-corrected chi connectivity index (χ1v) is 10.00. The van der Waals surface area contributed by atoms with Crippen molar-refractivity contribution in [3.05, 3.63) is 65.2 Å². The van der Waals surface area contributed by atoms with E-state index >= 15 is 0 Å². The van der Waals surface area contributed by atoms with Crippen LogP contribution in [0.2, 0.25) is 0 Å². The molecule has 10 heteroatoms. The Labute approximate surface area is 184 Å². The summed E-state index contributed by atoms with van der Waals surface area (Å²) in [5, 5.41) is 12.9. The maximum atomic E-state index is 12.5. The summed E-state index contributed by atoms with van der Waals surface area (Å²) in [4.78, 5) is 47.4. The normalized spacial score (nSPS) is 14.6. The summed E-state index contributed by atoms with van der Waals surface area (Å²) < 4.78 is 15.4. The number of hydrogen-bond donors (Lipinski definition) is 2. The largest absolute Gasteiger partial charge is 0.547 e. The Hall–Kier alpha value is -3.66. The third kappa shape index (κ3) is 5.95. The molecule has 0 spiro atoms. The van der Waals surface area contributed by atoms with E-state index in [0.717, 1.165) is 0 Å². The molecule has 2 N–H and O–H groups in total. The second kappa shape index (κ2) is 10.6. The Morgan fingerprint density at radius 1 is 1.03 bits per heavy atom. The Morgan fingerprint density at radius 3 is 2.47 bits per heavy atom. The van der Waals surface area contributed by atoms with Gasteiger partial charge in [0.1, 0.15) is 17.1 Å². The molecular formula is C22H22BNO8. The van der Waals surface area contributed by atoms with E-state index in [0.29, 0.717) is 11.1 Å². The van der Waals surface area contributed by atoms with E-state index in [4.69, 9.17) is 14.1 Å². The van der Waals surface area contributed by atoms with Crippen LogP contribution >= 0.6 is 0 Å². The van der Waals surface area contributed by atoms with Crippen molar-refractivity contribution in [2.75, 3.05) is 6.79 Å². The molecule has 1 atom stereocenters. The molecule has 3 rings (SSSR count). The number of amides is 1. The van der Waals surface area contributed by atoms with Crippen molar-refractivity contribution in [2.45, 2.75) is 32.1 Å². The summed E-state index contributed by atoms with van der Waals surface area (Å²) in [6.07, 6.45) is 0.336. The highest BCUT2D eigenvalue weighted by atomic mass is 16.7. The van der Waals surface area contributed by atoms with Crippen molar-refractivity contribution < 1.29 is 38.3 Å². The lowest BCUT2D eigenvalue weighted by Gasteiger charge is -2.29. The van der Waals surface area contributed by atoms with Gasteiger partial charge < -0.3 is 29.3 Å². The van der Waals surface area contributed by atoms with Crippen molar-refractivity contribution in [2.24, 2.45) is 0 Å². The van der Waals surface area contributed by atoms with Crippen LogP contribution in [0.25, 0.3) is 0 Å². The molecule has 2 aromatic rings. The average Bonchev–Trinajstić information content (AvgIpc) is 2.78. The van der Waals surface area contributed by atoms with Crippen molar-refractivity contribution >= 4 is 30.7 Å². The smallest absolute Gasteiger partial charge is 0.534 e. The number of benzene rings is 2. The Balaban J connectivity index is 1.59. The van der Waals surface area contributed by atoms with Gasteiger partial charge in [-0.25, -0.2) is 9.59 Å². The number of hydrogen-bond acceptors (Lipinski definition) is 8. The first kappa shape index (κ1) is 23.0. The zero-order valence-corrected chi connectivity index (χ0v) is 17.4. The highest BCUT2D eigenvalue weighted by Crippen LogP contribution is 2.30. The molecule has 1 heterocycles. The molecule has 166 valence electrons. The van der Waals surface area contributed by atoms with Gasteiger partial charge in [0, 0.05) is 12.8 Å². The Kier molecular flexibility index (Phi) is 7.61. The van der Waals surface area contributed by atoms with Crippen LogP contribution in [0.15, 0.2) is 48.5 Å². The molecule has 1 unspecified atom stereocenters. The molecule has 0 radical (unpaired) electrons. The van der Waals surface area contributed by atoms with Gasteiger partial charge in [-0.15, -0.1) is 0 Å². The van der Waals surface area contributed by atoms with Crippen molar-refractivity contribution in [3.8, 4) is 5.75 Å². The first-order valence-electron chi connectivity index (χ1n) is 10.00. The van der Waals surface area contributed by atoms with Crippen LogP contribution in [0.4, 0.5) is 0 Å². The van der Waals surface area contributed by atoms with Crippen LogP contribution in [0, 0.1) is 0 Å². The van der Waals surface area contributed by atoms with Crippen LogP contribution < -0.4 is 9.97 Å². The molecule has 0 bridgehead atoms. The molecule has 0 aliphatic carbocycles. The van der Waals surface area contributed by atoms with Crippen LogP contribution in [-0.4, -0.2) is 48.5 Å². The summed E-state index contributed by atoms with van der Waals surface area (Å²) in [5.41, 5.74) is 0.963. The van der Waals surface area contributed by atoms with Crippen LogP contribution in [-0.2, 0) is 25.5 Å². The summed E-state index contributed by atoms with van der Waals surface area (Å²) in [6.45, 7) is 0.804. The number of ether oxygens (including phenoxy) is 2. The summed E-state index contributed by atoms with van der Waals surface area (Å²) in [6, 6.07) is 13.0. The Morgan fingerprint density at radius 2 is 1.75 bits per heavy atom. The molecular weight excluding hydrogens is 417 g/mol. The third-order valence-electron chi connectivity index (χ3n) is 4.78. The minimum absolute atomic E-state index is 0.0134. The first-order chi connectivity index (χ1) is 15.3. The maximum absolute atomic E-state index is 12.5. The number of carbonyl (C=O) groups excluding carboxylic acids is 4. The fourth-order valence-electron chi connectivity index (χ4n) is 3.15. The molecule has 32 heavy (non-hydrogen) atoms. The van der Waals surface area contributed by atoms with Crippen LogP contribution in [0.5, 0.6) is 5.75 Å². The van der Waals surface area contributed by atoms with E-state index < -0.39 is 31.8 Å². The SMILES string of the molecule is CC(=O)CCC(=O)NC1Cc2cccc(C(=O)OCOC(=O)c3ccccc3)c2OB1O. The summed E-state index contributed by atoms with van der Waals surface area (Å²) in [7, 11) is -1.39. The maximum Gasteiger partial charge on any atom is 0.547 e. The third-order valence-corrected chi connectivity index (χ3v) is 4.78. The van der Waals surface area contributed by atoms with E-state index in [1.807, 2.05) is 0 Å². The predicted molar refractivity (Wildman–Crippen MR) is 113 cm³/mol. The molecule has 9 nitrogen and oxygen atoms in total. The number of Topliss-reactive ketones (excluding diaryl/α,β-unsaturated/α-hetero) is 1. The average molecular weight is 439 g/mol.